The highest BCUT2D eigenvalue weighted by Gasteiger charge is 2.19. The summed E-state index contributed by atoms with van der Waals surface area (Å²) in [5.74, 6) is -0.850. The quantitative estimate of drug-likeness (QED) is 0.0349. The number of esters is 3. The van der Waals surface area contributed by atoms with Gasteiger partial charge in [0.15, 0.2) is 6.10 Å². The summed E-state index contributed by atoms with van der Waals surface area (Å²) in [5, 5.41) is 0. The molecule has 0 fully saturated rings. The highest BCUT2D eigenvalue weighted by molar-refractivity contribution is 5.71. The molecule has 0 unspecified atom stereocenters. The molecule has 0 saturated heterocycles. The van der Waals surface area contributed by atoms with Crippen molar-refractivity contribution < 1.29 is 28.6 Å². The molecule has 0 aromatic rings. The lowest BCUT2D eigenvalue weighted by Crippen LogP contribution is -2.30. The minimum absolute atomic E-state index is 0.0625. The smallest absolute Gasteiger partial charge is 0.306 e. The highest BCUT2D eigenvalue weighted by atomic mass is 16.6. The van der Waals surface area contributed by atoms with Crippen LogP contribution in [0.4, 0.5) is 0 Å². The molecule has 1 atom stereocenters. The molecule has 0 rings (SSSR count). The van der Waals surface area contributed by atoms with Crippen LogP contribution in [-0.2, 0) is 28.6 Å². The zero-order chi connectivity index (χ0) is 39.4. The van der Waals surface area contributed by atoms with Crippen molar-refractivity contribution in [2.75, 3.05) is 13.2 Å². The normalized spacial score (nSPS) is 11.8. The summed E-state index contributed by atoms with van der Waals surface area (Å²) < 4.78 is 16.7. The largest absolute Gasteiger partial charge is 0.462 e. The van der Waals surface area contributed by atoms with E-state index in [0.29, 0.717) is 19.3 Å². The molecule has 0 bridgehead atoms. The summed E-state index contributed by atoms with van der Waals surface area (Å²) in [7, 11) is 0. The number of unbranched alkanes of at least 4 members (excludes halogenated alkanes) is 33. The van der Waals surface area contributed by atoms with Gasteiger partial charge in [0, 0.05) is 19.3 Å². The maximum Gasteiger partial charge on any atom is 0.306 e. The van der Waals surface area contributed by atoms with E-state index in [-0.39, 0.29) is 31.1 Å². The third kappa shape index (κ3) is 41.6. The molecule has 0 radical (unpaired) electrons. The van der Waals surface area contributed by atoms with Crippen LogP contribution in [-0.4, -0.2) is 37.2 Å². The number of rotatable bonds is 44. The molecule has 54 heavy (non-hydrogen) atoms. The standard InChI is InChI=1S/C48H92O6/c1-4-7-10-13-16-19-21-23-25-27-30-32-35-38-41-47(50)53-44-45(54-48(51)42-39-36-33-28-18-15-12-9-6-3)43-52-46(49)40-37-34-31-29-26-24-22-20-17-14-11-8-5-2/h45H,4-44H2,1-3H3/t45-/m0/s1. The monoisotopic (exact) mass is 765 g/mol. The fourth-order valence-corrected chi connectivity index (χ4v) is 7.21. The van der Waals surface area contributed by atoms with Gasteiger partial charge in [0.05, 0.1) is 0 Å². The van der Waals surface area contributed by atoms with Crippen molar-refractivity contribution in [3.63, 3.8) is 0 Å². The summed E-state index contributed by atoms with van der Waals surface area (Å²) in [6, 6.07) is 0. The second-order valence-electron chi connectivity index (χ2n) is 16.4. The van der Waals surface area contributed by atoms with Gasteiger partial charge in [-0.3, -0.25) is 14.4 Å². The Labute approximate surface area is 336 Å². The molecular formula is C48H92O6. The maximum atomic E-state index is 12.7. The van der Waals surface area contributed by atoms with E-state index in [1.807, 2.05) is 0 Å². The summed E-state index contributed by atoms with van der Waals surface area (Å²) in [4.78, 5) is 37.7. The molecule has 0 aromatic heterocycles. The summed E-state index contributed by atoms with van der Waals surface area (Å²) in [6.07, 6.45) is 45.1. The first-order valence-corrected chi connectivity index (χ1v) is 24.0. The van der Waals surface area contributed by atoms with E-state index in [1.165, 1.54) is 173 Å². The van der Waals surface area contributed by atoms with Crippen LogP contribution in [0, 0.1) is 0 Å². The van der Waals surface area contributed by atoms with Crippen LogP contribution in [0.25, 0.3) is 0 Å². The van der Waals surface area contributed by atoms with Crippen LogP contribution in [0.2, 0.25) is 0 Å². The van der Waals surface area contributed by atoms with E-state index >= 15 is 0 Å². The van der Waals surface area contributed by atoms with Gasteiger partial charge in [-0.1, -0.05) is 233 Å². The van der Waals surface area contributed by atoms with Crippen molar-refractivity contribution in [3.8, 4) is 0 Å². The molecule has 0 spiro atoms. The average molecular weight is 765 g/mol. The van der Waals surface area contributed by atoms with Crippen molar-refractivity contribution in [1.82, 2.24) is 0 Å². The van der Waals surface area contributed by atoms with E-state index in [0.717, 1.165) is 57.8 Å². The zero-order valence-corrected chi connectivity index (χ0v) is 36.5. The molecule has 0 N–H and O–H groups in total. The highest BCUT2D eigenvalue weighted by Crippen LogP contribution is 2.16. The molecule has 0 aromatic carbocycles. The van der Waals surface area contributed by atoms with Crippen molar-refractivity contribution in [2.24, 2.45) is 0 Å². The Balaban J connectivity index is 4.27. The maximum absolute atomic E-state index is 12.7. The second-order valence-corrected chi connectivity index (χ2v) is 16.4. The van der Waals surface area contributed by atoms with Gasteiger partial charge in [-0.2, -0.15) is 0 Å². The number of hydrogen-bond donors (Lipinski definition) is 0. The first kappa shape index (κ1) is 52.4. The van der Waals surface area contributed by atoms with Crippen LogP contribution >= 0.6 is 0 Å². The van der Waals surface area contributed by atoms with Crippen molar-refractivity contribution >= 4 is 17.9 Å². The van der Waals surface area contributed by atoms with Crippen LogP contribution in [0.5, 0.6) is 0 Å². The topological polar surface area (TPSA) is 78.9 Å². The Morgan fingerprint density at radius 3 is 0.741 bits per heavy atom. The number of carbonyl (C=O) groups excluding carboxylic acids is 3. The molecule has 6 heteroatoms. The Morgan fingerprint density at radius 1 is 0.296 bits per heavy atom. The van der Waals surface area contributed by atoms with Crippen LogP contribution in [0.1, 0.15) is 271 Å². The molecule has 0 amide bonds. The summed E-state index contributed by atoms with van der Waals surface area (Å²) in [6.45, 7) is 6.64. The van der Waals surface area contributed by atoms with Crippen molar-refractivity contribution in [3.05, 3.63) is 0 Å². The molecule has 0 heterocycles. The molecule has 0 saturated carbocycles. The number of carbonyl (C=O) groups is 3. The Bertz CT molecular complexity index is 798. The van der Waals surface area contributed by atoms with Crippen LogP contribution < -0.4 is 0 Å². The van der Waals surface area contributed by atoms with Gasteiger partial charge in [0.1, 0.15) is 13.2 Å². The lowest BCUT2D eigenvalue weighted by Gasteiger charge is -2.18. The average Bonchev–Trinajstić information content (AvgIpc) is 3.17. The van der Waals surface area contributed by atoms with Crippen LogP contribution in [0.15, 0.2) is 0 Å². The molecule has 6 nitrogen and oxygen atoms in total. The molecule has 0 aliphatic heterocycles. The Hall–Kier alpha value is -1.59. The molecule has 0 aliphatic rings. The molecule has 320 valence electrons. The first-order chi connectivity index (χ1) is 26.5. The fourth-order valence-electron chi connectivity index (χ4n) is 7.21. The minimum atomic E-state index is -0.757. The third-order valence-corrected chi connectivity index (χ3v) is 10.9. The minimum Gasteiger partial charge on any atom is -0.462 e. The second kappa shape index (κ2) is 44.1. The van der Waals surface area contributed by atoms with Gasteiger partial charge in [0.2, 0.25) is 0 Å². The van der Waals surface area contributed by atoms with E-state index in [9.17, 15) is 14.4 Å². The lowest BCUT2D eigenvalue weighted by atomic mass is 10.0. The lowest BCUT2D eigenvalue weighted by molar-refractivity contribution is -0.167. The van der Waals surface area contributed by atoms with Crippen molar-refractivity contribution in [2.45, 2.75) is 277 Å². The fraction of sp³-hybridized carbons (Fsp3) is 0.938. The van der Waals surface area contributed by atoms with Gasteiger partial charge >= 0.3 is 17.9 Å². The number of hydrogen-bond acceptors (Lipinski definition) is 6. The predicted molar refractivity (Wildman–Crippen MR) is 229 cm³/mol. The predicted octanol–water partition coefficient (Wildman–Crippen LogP) is 15.3. The molecule has 0 aliphatic carbocycles. The van der Waals surface area contributed by atoms with Gasteiger partial charge in [0.25, 0.3) is 0 Å². The van der Waals surface area contributed by atoms with Gasteiger partial charge in [-0.25, -0.2) is 0 Å². The van der Waals surface area contributed by atoms with Gasteiger partial charge in [-0.15, -0.1) is 0 Å². The van der Waals surface area contributed by atoms with E-state index in [4.69, 9.17) is 14.2 Å². The summed E-state index contributed by atoms with van der Waals surface area (Å²) >= 11 is 0. The van der Waals surface area contributed by atoms with E-state index < -0.39 is 6.10 Å². The first-order valence-electron chi connectivity index (χ1n) is 24.0. The van der Waals surface area contributed by atoms with Gasteiger partial charge < -0.3 is 14.2 Å². The van der Waals surface area contributed by atoms with E-state index in [1.54, 1.807) is 0 Å². The molecular weight excluding hydrogens is 673 g/mol. The van der Waals surface area contributed by atoms with Gasteiger partial charge in [-0.05, 0) is 19.3 Å². The zero-order valence-electron chi connectivity index (χ0n) is 36.5. The Morgan fingerprint density at radius 2 is 0.500 bits per heavy atom. The number of ether oxygens (including phenoxy) is 3. The summed E-state index contributed by atoms with van der Waals surface area (Å²) in [5.41, 5.74) is 0. The van der Waals surface area contributed by atoms with E-state index in [2.05, 4.69) is 20.8 Å². The van der Waals surface area contributed by atoms with Crippen molar-refractivity contribution in [1.29, 1.82) is 0 Å². The SMILES string of the molecule is CCCCCCCCCCCCCCCCC(=O)OC[C@H](COC(=O)CCCCCCCCCCCCCCC)OC(=O)CCCCCCCCCCC. The third-order valence-electron chi connectivity index (χ3n) is 10.9. The van der Waals surface area contributed by atoms with Crippen LogP contribution in [0.3, 0.4) is 0 Å². The Kier molecular flexibility index (Phi) is 42.8.